The van der Waals surface area contributed by atoms with Crippen molar-refractivity contribution < 1.29 is 14.5 Å². The zero-order chi connectivity index (χ0) is 19.3. The largest absolute Gasteiger partial charge is 0.321 e. The fourth-order valence-corrected chi connectivity index (χ4v) is 2.64. The standard InChI is InChI=1S/C19H21Cl2N3O2/c1-12-4-7-15(8-5-12)22-18(25)11-24(3)13(2)19(26)23-17-10-14(20)6-9-16(17)21/h4-10,13H,11H2,1-3H3,(H,22,25)(H,23,26)/p+1/t13-/m0/s1. The van der Waals surface area contributed by atoms with Gasteiger partial charge in [0, 0.05) is 10.7 Å². The van der Waals surface area contributed by atoms with E-state index in [0.717, 1.165) is 16.2 Å². The number of hydrogen-bond acceptors (Lipinski definition) is 2. The van der Waals surface area contributed by atoms with Gasteiger partial charge < -0.3 is 15.5 Å². The Kier molecular flexibility index (Phi) is 7.03. The fourth-order valence-electron chi connectivity index (χ4n) is 2.31. The summed E-state index contributed by atoms with van der Waals surface area (Å²) < 4.78 is 0. The molecule has 2 amide bonds. The van der Waals surface area contributed by atoms with Crippen molar-refractivity contribution in [3.63, 3.8) is 0 Å². The van der Waals surface area contributed by atoms with Crippen molar-refractivity contribution in [3.05, 3.63) is 58.1 Å². The molecular weight excluding hydrogens is 373 g/mol. The van der Waals surface area contributed by atoms with Crippen LogP contribution in [-0.4, -0.2) is 31.4 Å². The van der Waals surface area contributed by atoms with Crippen LogP contribution in [0.15, 0.2) is 42.5 Å². The summed E-state index contributed by atoms with van der Waals surface area (Å²) in [5.41, 5.74) is 2.31. The third kappa shape index (κ3) is 5.73. The lowest BCUT2D eigenvalue weighted by molar-refractivity contribution is -0.885. The molecular formula is C19H22Cl2N3O2+. The number of halogens is 2. The van der Waals surface area contributed by atoms with Gasteiger partial charge in [-0.15, -0.1) is 0 Å². The van der Waals surface area contributed by atoms with Gasteiger partial charge in [-0.3, -0.25) is 9.59 Å². The molecule has 0 aliphatic heterocycles. The highest BCUT2D eigenvalue weighted by Gasteiger charge is 2.24. The van der Waals surface area contributed by atoms with Gasteiger partial charge in [0.2, 0.25) is 0 Å². The van der Waals surface area contributed by atoms with Gasteiger partial charge in [-0.05, 0) is 44.2 Å². The zero-order valence-electron chi connectivity index (χ0n) is 14.9. The molecule has 2 aromatic rings. The summed E-state index contributed by atoms with van der Waals surface area (Å²) in [5, 5.41) is 6.47. The average Bonchev–Trinajstić information content (AvgIpc) is 2.59. The van der Waals surface area contributed by atoms with Gasteiger partial charge in [0.15, 0.2) is 12.6 Å². The molecule has 5 nitrogen and oxygen atoms in total. The summed E-state index contributed by atoms with van der Waals surface area (Å²) in [6.07, 6.45) is 0. The maximum atomic E-state index is 12.4. The van der Waals surface area contributed by atoms with Gasteiger partial charge in [0.1, 0.15) is 0 Å². The second kappa shape index (κ2) is 9.03. The SMILES string of the molecule is Cc1ccc(NC(=O)C[NH+](C)[C@@H](C)C(=O)Nc2cc(Cl)ccc2Cl)cc1. The number of anilines is 2. The summed E-state index contributed by atoms with van der Waals surface area (Å²) in [6.45, 7) is 3.89. The Bertz CT molecular complexity index is 794. The van der Waals surface area contributed by atoms with Gasteiger partial charge in [-0.1, -0.05) is 40.9 Å². The van der Waals surface area contributed by atoms with Crippen LogP contribution in [0.5, 0.6) is 0 Å². The molecule has 0 radical (unpaired) electrons. The van der Waals surface area contributed by atoms with Crippen LogP contribution in [0.25, 0.3) is 0 Å². The molecule has 0 spiro atoms. The van der Waals surface area contributed by atoms with E-state index in [1.54, 1.807) is 32.2 Å². The Labute approximate surface area is 163 Å². The van der Waals surface area contributed by atoms with E-state index in [9.17, 15) is 9.59 Å². The zero-order valence-corrected chi connectivity index (χ0v) is 16.4. The van der Waals surface area contributed by atoms with Crippen molar-refractivity contribution in [2.75, 3.05) is 24.2 Å². The lowest BCUT2D eigenvalue weighted by Crippen LogP contribution is -3.14. The number of rotatable bonds is 6. The van der Waals surface area contributed by atoms with Crippen LogP contribution in [0.1, 0.15) is 12.5 Å². The minimum atomic E-state index is -0.450. The molecule has 2 aromatic carbocycles. The molecule has 26 heavy (non-hydrogen) atoms. The fraction of sp³-hybridized carbons (Fsp3) is 0.263. The number of nitrogens with one attached hydrogen (secondary N) is 3. The van der Waals surface area contributed by atoms with E-state index in [1.807, 2.05) is 31.2 Å². The molecule has 2 atom stereocenters. The summed E-state index contributed by atoms with van der Waals surface area (Å²) in [4.78, 5) is 25.4. The molecule has 138 valence electrons. The molecule has 0 bridgehead atoms. The topological polar surface area (TPSA) is 62.6 Å². The van der Waals surface area contributed by atoms with E-state index < -0.39 is 6.04 Å². The van der Waals surface area contributed by atoms with Crippen LogP contribution in [-0.2, 0) is 9.59 Å². The second-order valence-electron chi connectivity index (χ2n) is 6.27. The first-order valence-electron chi connectivity index (χ1n) is 8.21. The molecule has 0 saturated carbocycles. The smallest absolute Gasteiger partial charge is 0.282 e. The first kappa shape index (κ1) is 20.2. The van der Waals surface area contributed by atoms with Gasteiger partial charge in [0.25, 0.3) is 11.8 Å². The van der Waals surface area contributed by atoms with Crippen molar-refractivity contribution >= 4 is 46.4 Å². The van der Waals surface area contributed by atoms with E-state index in [1.165, 1.54) is 0 Å². The van der Waals surface area contributed by atoms with Crippen LogP contribution < -0.4 is 15.5 Å². The molecule has 0 fully saturated rings. The number of hydrogen-bond donors (Lipinski definition) is 3. The van der Waals surface area contributed by atoms with Crippen LogP contribution in [0.3, 0.4) is 0 Å². The first-order chi connectivity index (χ1) is 12.3. The number of benzene rings is 2. The van der Waals surface area contributed by atoms with Crippen molar-refractivity contribution in [1.82, 2.24) is 0 Å². The number of carbonyl (C=O) groups is 2. The maximum absolute atomic E-state index is 12.4. The van der Waals surface area contributed by atoms with Crippen LogP contribution in [0, 0.1) is 6.92 Å². The van der Waals surface area contributed by atoms with Crippen molar-refractivity contribution in [2.24, 2.45) is 0 Å². The second-order valence-corrected chi connectivity index (χ2v) is 7.12. The highest BCUT2D eigenvalue weighted by Crippen LogP contribution is 2.25. The van der Waals surface area contributed by atoms with Crippen LogP contribution >= 0.6 is 23.2 Å². The average molecular weight is 395 g/mol. The molecule has 2 rings (SSSR count). The van der Waals surface area contributed by atoms with Gasteiger partial charge in [-0.2, -0.15) is 0 Å². The third-order valence-electron chi connectivity index (χ3n) is 4.09. The van der Waals surface area contributed by atoms with Gasteiger partial charge in [0.05, 0.1) is 17.8 Å². The molecule has 7 heteroatoms. The number of likely N-dealkylation sites (N-methyl/N-ethyl adjacent to an activating group) is 1. The lowest BCUT2D eigenvalue weighted by atomic mass is 10.2. The number of quaternary nitrogens is 1. The Morgan fingerprint density at radius 1 is 1.08 bits per heavy atom. The predicted octanol–water partition coefficient (Wildman–Crippen LogP) is 2.78. The van der Waals surface area contributed by atoms with Crippen molar-refractivity contribution in [3.8, 4) is 0 Å². The maximum Gasteiger partial charge on any atom is 0.282 e. The quantitative estimate of drug-likeness (QED) is 0.705. The number of carbonyl (C=O) groups excluding carboxylic acids is 2. The summed E-state index contributed by atoms with van der Waals surface area (Å²) >= 11 is 12.0. The summed E-state index contributed by atoms with van der Waals surface area (Å²) in [6, 6.07) is 12.0. The van der Waals surface area contributed by atoms with E-state index in [4.69, 9.17) is 23.2 Å². The van der Waals surface area contributed by atoms with E-state index in [2.05, 4.69) is 10.6 Å². The van der Waals surface area contributed by atoms with E-state index in [0.29, 0.717) is 15.7 Å². The van der Waals surface area contributed by atoms with Crippen molar-refractivity contribution in [1.29, 1.82) is 0 Å². The minimum absolute atomic E-state index is 0.158. The minimum Gasteiger partial charge on any atom is -0.321 e. The van der Waals surface area contributed by atoms with Crippen molar-refractivity contribution in [2.45, 2.75) is 19.9 Å². The Morgan fingerprint density at radius 3 is 2.38 bits per heavy atom. The normalized spacial score (nSPS) is 13.0. The van der Waals surface area contributed by atoms with E-state index >= 15 is 0 Å². The van der Waals surface area contributed by atoms with Crippen LogP contribution in [0.2, 0.25) is 10.0 Å². The van der Waals surface area contributed by atoms with Crippen LogP contribution in [0.4, 0.5) is 11.4 Å². The Balaban J connectivity index is 1.92. The Morgan fingerprint density at radius 2 is 1.73 bits per heavy atom. The molecule has 0 aromatic heterocycles. The Hall–Kier alpha value is -2.08. The number of aryl methyl sites for hydroxylation is 1. The summed E-state index contributed by atoms with van der Waals surface area (Å²) in [5.74, 6) is -0.401. The molecule has 0 aliphatic carbocycles. The highest BCUT2D eigenvalue weighted by molar-refractivity contribution is 6.35. The monoisotopic (exact) mass is 394 g/mol. The van der Waals surface area contributed by atoms with Gasteiger partial charge in [-0.25, -0.2) is 0 Å². The van der Waals surface area contributed by atoms with E-state index in [-0.39, 0.29) is 18.4 Å². The third-order valence-corrected chi connectivity index (χ3v) is 4.66. The number of amides is 2. The highest BCUT2D eigenvalue weighted by atomic mass is 35.5. The molecule has 0 aliphatic rings. The predicted molar refractivity (Wildman–Crippen MR) is 106 cm³/mol. The first-order valence-corrected chi connectivity index (χ1v) is 8.96. The molecule has 0 saturated heterocycles. The van der Waals surface area contributed by atoms with Gasteiger partial charge >= 0.3 is 0 Å². The molecule has 3 N–H and O–H groups in total. The molecule has 0 heterocycles. The molecule has 1 unspecified atom stereocenters. The lowest BCUT2D eigenvalue weighted by Gasteiger charge is -2.21. The summed E-state index contributed by atoms with van der Waals surface area (Å²) in [7, 11) is 1.79.